The van der Waals surface area contributed by atoms with E-state index < -0.39 is 6.04 Å². The minimum absolute atomic E-state index is 0.00297. The van der Waals surface area contributed by atoms with E-state index in [1.165, 1.54) is 6.92 Å². The molecule has 1 saturated heterocycles. The van der Waals surface area contributed by atoms with Crippen LogP contribution in [-0.2, 0) is 14.3 Å². The van der Waals surface area contributed by atoms with Crippen LogP contribution in [-0.4, -0.2) is 49.1 Å². The Morgan fingerprint density at radius 1 is 1.18 bits per heavy atom. The van der Waals surface area contributed by atoms with Gasteiger partial charge in [-0.2, -0.15) is 0 Å². The highest BCUT2D eigenvalue weighted by molar-refractivity contribution is 7.14. The Labute approximate surface area is 169 Å². The largest absolute Gasteiger partial charge is 0.378 e. The summed E-state index contributed by atoms with van der Waals surface area (Å²) in [5.74, 6) is -0.443. The molecule has 1 aliphatic heterocycles. The number of hydrogen-bond donors (Lipinski definition) is 2. The van der Waals surface area contributed by atoms with Crippen molar-refractivity contribution in [3.63, 3.8) is 0 Å². The number of nitrogens with zero attached hydrogens (tertiary/aromatic N) is 2. The molecular weight excluding hydrogens is 376 g/mol. The molecule has 3 rings (SSSR count). The predicted octanol–water partition coefficient (Wildman–Crippen LogP) is 2.75. The van der Waals surface area contributed by atoms with Crippen molar-refractivity contribution in [1.82, 2.24) is 10.3 Å². The number of hydrogen-bond acceptors (Lipinski definition) is 6. The maximum Gasteiger partial charge on any atom is 0.247 e. The van der Waals surface area contributed by atoms with E-state index in [0.717, 1.165) is 42.7 Å². The van der Waals surface area contributed by atoms with Gasteiger partial charge in [0, 0.05) is 36.6 Å². The molecular formula is C20H26N4O3S. The van der Waals surface area contributed by atoms with Gasteiger partial charge >= 0.3 is 0 Å². The minimum atomic E-state index is -0.563. The molecule has 8 heteroatoms. The van der Waals surface area contributed by atoms with Gasteiger partial charge in [-0.05, 0) is 18.1 Å². The summed E-state index contributed by atoms with van der Waals surface area (Å²) < 4.78 is 5.39. The molecule has 0 radical (unpaired) electrons. The average molecular weight is 403 g/mol. The van der Waals surface area contributed by atoms with Gasteiger partial charge in [0.2, 0.25) is 11.8 Å². The summed E-state index contributed by atoms with van der Waals surface area (Å²) in [5, 5.41) is 8.62. The van der Waals surface area contributed by atoms with E-state index in [9.17, 15) is 9.59 Å². The molecule has 0 bridgehead atoms. The van der Waals surface area contributed by atoms with Crippen LogP contribution in [0.25, 0.3) is 11.3 Å². The number of carbonyl (C=O) groups is 2. The minimum Gasteiger partial charge on any atom is -0.378 e. The van der Waals surface area contributed by atoms with Crippen molar-refractivity contribution in [3.05, 3.63) is 29.6 Å². The van der Waals surface area contributed by atoms with Crippen LogP contribution in [0.15, 0.2) is 29.6 Å². The number of morpholine rings is 1. The molecule has 28 heavy (non-hydrogen) atoms. The SMILES string of the molecule is CC(=O)N[C@@H](C(=O)Nc1ccc(-c2csc(N3CCOCC3)n2)cc1)C(C)C. The molecule has 2 amide bonds. The van der Waals surface area contributed by atoms with Crippen LogP contribution >= 0.6 is 11.3 Å². The molecule has 0 spiro atoms. The second-order valence-electron chi connectivity index (χ2n) is 7.10. The van der Waals surface area contributed by atoms with E-state index >= 15 is 0 Å². The molecule has 7 nitrogen and oxygen atoms in total. The number of aromatic nitrogens is 1. The first-order chi connectivity index (χ1) is 13.4. The third-order valence-corrected chi connectivity index (χ3v) is 5.43. The molecule has 1 fully saturated rings. The van der Waals surface area contributed by atoms with Crippen LogP contribution in [0.2, 0.25) is 0 Å². The Balaban J connectivity index is 1.65. The quantitative estimate of drug-likeness (QED) is 0.776. The summed E-state index contributed by atoms with van der Waals surface area (Å²) in [6, 6.07) is 7.03. The fourth-order valence-electron chi connectivity index (χ4n) is 3.00. The summed E-state index contributed by atoms with van der Waals surface area (Å²) in [6.45, 7) is 8.41. The number of benzene rings is 1. The Hall–Kier alpha value is -2.45. The number of rotatable bonds is 6. The lowest BCUT2D eigenvalue weighted by Gasteiger charge is -2.26. The highest BCUT2D eigenvalue weighted by Crippen LogP contribution is 2.28. The molecule has 1 aromatic carbocycles. The summed E-state index contributed by atoms with van der Waals surface area (Å²) in [4.78, 5) is 30.8. The van der Waals surface area contributed by atoms with Gasteiger partial charge in [0.05, 0.1) is 18.9 Å². The van der Waals surface area contributed by atoms with Crippen molar-refractivity contribution in [2.75, 3.05) is 36.5 Å². The van der Waals surface area contributed by atoms with Crippen molar-refractivity contribution in [2.45, 2.75) is 26.8 Å². The van der Waals surface area contributed by atoms with Crippen LogP contribution in [0.5, 0.6) is 0 Å². The smallest absolute Gasteiger partial charge is 0.247 e. The van der Waals surface area contributed by atoms with Crippen LogP contribution < -0.4 is 15.5 Å². The topological polar surface area (TPSA) is 83.6 Å². The number of ether oxygens (including phenoxy) is 1. The lowest BCUT2D eigenvalue weighted by Crippen LogP contribution is -2.46. The Morgan fingerprint density at radius 2 is 1.86 bits per heavy atom. The number of nitrogens with one attached hydrogen (secondary N) is 2. The van der Waals surface area contributed by atoms with Gasteiger partial charge in [-0.15, -0.1) is 11.3 Å². The summed E-state index contributed by atoms with van der Waals surface area (Å²) in [6.07, 6.45) is 0. The third-order valence-electron chi connectivity index (χ3n) is 4.53. The van der Waals surface area contributed by atoms with Crippen molar-refractivity contribution in [1.29, 1.82) is 0 Å². The Morgan fingerprint density at radius 3 is 2.46 bits per heavy atom. The van der Waals surface area contributed by atoms with Gasteiger partial charge in [-0.3, -0.25) is 9.59 Å². The standard InChI is InChI=1S/C20H26N4O3S/c1-13(2)18(21-14(3)25)19(26)22-16-6-4-15(5-7-16)17-12-28-20(23-17)24-8-10-27-11-9-24/h4-7,12-13,18H,8-11H2,1-3H3,(H,21,25)(H,22,26)/t18-/m1/s1. The number of thiazole rings is 1. The van der Waals surface area contributed by atoms with E-state index in [2.05, 4.69) is 15.5 Å². The maximum atomic E-state index is 12.5. The summed E-state index contributed by atoms with van der Waals surface area (Å²) >= 11 is 1.63. The second-order valence-corrected chi connectivity index (χ2v) is 7.94. The zero-order chi connectivity index (χ0) is 20.1. The van der Waals surface area contributed by atoms with Gasteiger partial charge in [-0.1, -0.05) is 26.0 Å². The van der Waals surface area contributed by atoms with Gasteiger partial charge in [0.15, 0.2) is 5.13 Å². The van der Waals surface area contributed by atoms with Crippen molar-refractivity contribution in [2.24, 2.45) is 5.92 Å². The maximum absolute atomic E-state index is 12.5. The van der Waals surface area contributed by atoms with Crippen LogP contribution in [0, 0.1) is 5.92 Å². The monoisotopic (exact) mass is 402 g/mol. The van der Waals surface area contributed by atoms with Crippen molar-refractivity contribution < 1.29 is 14.3 Å². The number of anilines is 2. The molecule has 0 aliphatic carbocycles. The number of carbonyl (C=O) groups excluding carboxylic acids is 2. The van der Waals surface area contributed by atoms with Gasteiger partial charge < -0.3 is 20.3 Å². The fraction of sp³-hybridized carbons (Fsp3) is 0.450. The first kappa shape index (κ1) is 20.3. The van der Waals surface area contributed by atoms with Gasteiger partial charge in [0.1, 0.15) is 6.04 Å². The highest BCUT2D eigenvalue weighted by Gasteiger charge is 2.23. The van der Waals surface area contributed by atoms with E-state index in [1.54, 1.807) is 11.3 Å². The molecule has 1 atom stereocenters. The summed E-state index contributed by atoms with van der Waals surface area (Å²) in [5.41, 5.74) is 2.60. The molecule has 2 N–H and O–H groups in total. The van der Waals surface area contributed by atoms with E-state index in [4.69, 9.17) is 9.72 Å². The van der Waals surface area contributed by atoms with Crippen LogP contribution in [0.3, 0.4) is 0 Å². The zero-order valence-electron chi connectivity index (χ0n) is 16.4. The zero-order valence-corrected chi connectivity index (χ0v) is 17.2. The average Bonchev–Trinajstić information content (AvgIpc) is 3.17. The van der Waals surface area contributed by atoms with Crippen molar-refractivity contribution in [3.8, 4) is 11.3 Å². The van der Waals surface area contributed by atoms with Crippen molar-refractivity contribution >= 4 is 34.0 Å². The molecule has 150 valence electrons. The van der Waals surface area contributed by atoms with E-state index in [-0.39, 0.29) is 17.7 Å². The fourth-order valence-corrected chi connectivity index (χ4v) is 3.88. The third kappa shape index (κ3) is 5.08. The lowest BCUT2D eigenvalue weighted by atomic mass is 10.0. The highest BCUT2D eigenvalue weighted by atomic mass is 32.1. The van der Waals surface area contributed by atoms with Gasteiger partial charge in [0.25, 0.3) is 0 Å². The predicted molar refractivity (Wildman–Crippen MR) is 112 cm³/mol. The first-order valence-electron chi connectivity index (χ1n) is 9.40. The molecule has 1 aromatic heterocycles. The molecule has 1 aliphatic rings. The molecule has 2 heterocycles. The van der Waals surface area contributed by atoms with E-state index in [1.807, 2.05) is 43.5 Å². The first-order valence-corrected chi connectivity index (χ1v) is 10.3. The lowest BCUT2D eigenvalue weighted by molar-refractivity contribution is -0.126. The van der Waals surface area contributed by atoms with Gasteiger partial charge in [-0.25, -0.2) is 4.98 Å². The molecule has 2 aromatic rings. The van der Waals surface area contributed by atoms with Crippen LogP contribution in [0.1, 0.15) is 20.8 Å². The Bertz CT molecular complexity index is 813. The normalized spacial score (nSPS) is 15.4. The Kier molecular flexibility index (Phi) is 6.64. The molecule has 0 unspecified atom stereocenters. The number of amides is 2. The molecule has 0 saturated carbocycles. The van der Waals surface area contributed by atoms with Crippen LogP contribution in [0.4, 0.5) is 10.8 Å². The summed E-state index contributed by atoms with van der Waals surface area (Å²) in [7, 11) is 0. The van der Waals surface area contributed by atoms with E-state index in [0.29, 0.717) is 5.69 Å². The second kappa shape index (κ2) is 9.16.